The summed E-state index contributed by atoms with van der Waals surface area (Å²) in [6.45, 7) is 7.65. The molecule has 0 spiro atoms. The lowest BCUT2D eigenvalue weighted by molar-refractivity contribution is -0.147. The maximum atomic E-state index is 11.6. The molecule has 0 unspecified atom stereocenters. The molecule has 3 heteroatoms. The van der Waals surface area contributed by atoms with Crippen LogP contribution < -0.4 is 0 Å². The number of methoxy groups -OCH3 is 1. The molecule has 0 aromatic carbocycles. The van der Waals surface area contributed by atoms with Gasteiger partial charge < -0.3 is 4.74 Å². The third kappa shape index (κ3) is 2.82. The number of hydrogen-bond donors (Lipinski definition) is 0. The van der Waals surface area contributed by atoms with E-state index in [1.807, 2.05) is 33.8 Å². The predicted octanol–water partition coefficient (Wildman–Crippen LogP) is 2.68. The Labute approximate surface area is 91.7 Å². The zero-order chi connectivity index (χ0) is 12.1. The highest BCUT2D eigenvalue weighted by atomic mass is 16.5. The molecule has 0 aliphatic rings. The molecule has 0 aromatic rings. The molecule has 0 saturated carbocycles. The summed E-state index contributed by atoms with van der Waals surface area (Å²) in [5.41, 5.74) is -0.340. The van der Waals surface area contributed by atoms with E-state index in [4.69, 9.17) is 10.00 Å². The minimum atomic E-state index is -1.11. The largest absolute Gasteiger partial charge is 0.468 e. The van der Waals surface area contributed by atoms with Gasteiger partial charge in [-0.2, -0.15) is 5.26 Å². The van der Waals surface area contributed by atoms with Crippen molar-refractivity contribution in [2.45, 2.75) is 34.1 Å². The number of ether oxygens (including phenoxy) is 1. The molecule has 0 amide bonds. The van der Waals surface area contributed by atoms with E-state index in [-0.39, 0.29) is 0 Å². The van der Waals surface area contributed by atoms with Gasteiger partial charge in [0.05, 0.1) is 13.2 Å². The van der Waals surface area contributed by atoms with Crippen LogP contribution in [0.3, 0.4) is 0 Å². The summed E-state index contributed by atoms with van der Waals surface area (Å²) in [7, 11) is 1.31. The fourth-order valence-electron chi connectivity index (χ4n) is 1.61. The van der Waals surface area contributed by atoms with Crippen molar-refractivity contribution in [3.05, 3.63) is 11.6 Å². The van der Waals surface area contributed by atoms with E-state index in [9.17, 15) is 4.79 Å². The van der Waals surface area contributed by atoms with Crippen molar-refractivity contribution in [1.82, 2.24) is 0 Å². The molecule has 0 aromatic heterocycles. The molecular formula is C12H19NO2. The van der Waals surface area contributed by atoms with Crippen LogP contribution in [0.2, 0.25) is 0 Å². The third-order valence-electron chi connectivity index (χ3n) is 2.51. The molecule has 0 heterocycles. The standard InChI is InChI=1S/C12H19NO2/c1-6-12(8-13,11(14)15-5)10(4)7-9(2)3/h7,9H,6H2,1-5H3/b10-7-/t12-/m1/s1. The van der Waals surface area contributed by atoms with Gasteiger partial charge in [0.15, 0.2) is 5.41 Å². The van der Waals surface area contributed by atoms with Gasteiger partial charge in [-0.1, -0.05) is 26.8 Å². The number of rotatable bonds is 4. The van der Waals surface area contributed by atoms with E-state index in [0.717, 1.165) is 5.57 Å². The van der Waals surface area contributed by atoms with Crippen molar-refractivity contribution >= 4 is 5.97 Å². The molecule has 0 rings (SSSR count). The second-order valence-corrected chi connectivity index (χ2v) is 3.96. The maximum absolute atomic E-state index is 11.6. The number of hydrogen-bond acceptors (Lipinski definition) is 3. The van der Waals surface area contributed by atoms with E-state index < -0.39 is 11.4 Å². The Morgan fingerprint density at radius 2 is 2.13 bits per heavy atom. The Balaban J connectivity index is 5.31. The maximum Gasteiger partial charge on any atom is 0.330 e. The van der Waals surface area contributed by atoms with Crippen molar-refractivity contribution in [3.63, 3.8) is 0 Å². The van der Waals surface area contributed by atoms with E-state index in [2.05, 4.69) is 6.07 Å². The van der Waals surface area contributed by atoms with E-state index >= 15 is 0 Å². The average molecular weight is 209 g/mol. The zero-order valence-electron chi connectivity index (χ0n) is 10.1. The molecule has 0 fully saturated rings. The highest BCUT2D eigenvalue weighted by molar-refractivity contribution is 5.83. The van der Waals surface area contributed by atoms with Crippen molar-refractivity contribution in [2.75, 3.05) is 7.11 Å². The lowest BCUT2D eigenvalue weighted by Gasteiger charge is -2.23. The smallest absolute Gasteiger partial charge is 0.330 e. The van der Waals surface area contributed by atoms with Gasteiger partial charge in [-0.25, -0.2) is 4.79 Å². The number of esters is 1. The third-order valence-corrected chi connectivity index (χ3v) is 2.51. The van der Waals surface area contributed by atoms with Crippen molar-refractivity contribution in [3.8, 4) is 6.07 Å². The van der Waals surface area contributed by atoms with Crippen LogP contribution in [0.25, 0.3) is 0 Å². The van der Waals surface area contributed by atoms with Gasteiger partial charge in [0.25, 0.3) is 0 Å². The first-order valence-corrected chi connectivity index (χ1v) is 5.13. The van der Waals surface area contributed by atoms with Gasteiger partial charge in [-0.3, -0.25) is 0 Å². The van der Waals surface area contributed by atoms with E-state index in [1.54, 1.807) is 0 Å². The minimum absolute atomic E-state index is 0.314. The van der Waals surface area contributed by atoms with Crippen molar-refractivity contribution < 1.29 is 9.53 Å². The first-order chi connectivity index (χ1) is 6.94. The van der Waals surface area contributed by atoms with Gasteiger partial charge in [-0.05, 0) is 24.8 Å². The van der Waals surface area contributed by atoms with Gasteiger partial charge in [-0.15, -0.1) is 0 Å². The highest BCUT2D eigenvalue weighted by Gasteiger charge is 2.40. The Hall–Kier alpha value is -1.30. The quantitative estimate of drug-likeness (QED) is 0.528. The number of carbonyl (C=O) groups is 1. The molecule has 0 N–H and O–H groups in total. The lowest BCUT2D eigenvalue weighted by Crippen LogP contribution is -2.31. The molecule has 0 bridgehead atoms. The first kappa shape index (κ1) is 13.7. The van der Waals surface area contributed by atoms with Crippen molar-refractivity contribution in [1.29, 1.82) is 5.26 Å². The molecule has 0 radical (unpaired) electrons. The molecule has 15 heavy (non-hydrogen) atoms. The van der Waals surface area contributed by atoms with Crippen LogP contribution in [0.1, 0.15) is 34.1 Å². The van der Waals surface area contributed by atoms with Crippen LogP contribution in [0, 0.1) is 22.7 Å². The van der Waals surface area contributed by atoms with Crippen molar-refractivity contribution in [2.24, 2.45) is 11.3 Å². The Morgan fingerprint density at radius 3 is 2.40 bits per heavy atom. The second kappa shape index (κ2) is 5.55. The predicted molar refractivity (Wildman–Crippen MR) is 58.9 cm³/mol. The van der Waals surface area contributed by atoms with E-state index in [1.165, 1.54) is 7.11 Å². The molecular weight excluding hydrogens is 190 g/mol. The Bertz CT molecular complexity index is 299. The molecule has 84 valence electrons. The monoisotopic (exact) mass is 209 g/mol. The summed E-state index contributed by atoms with van der Waals surface area (Å²) >= 11 is 0. The Kier molecular flexibility index (Phi) is 5.07. The summed E-state index contributed by atoms with van der Waals surface area (Å²) in [5.74, 6) is -0.157. The number of nitriles is 1. The molecule has 0 aliphatic carbocycles. The fraction of sp³-hybridized carbons (Fsp3) is 0.667. The van der Waals surface area contributed by atoms with Gasteiger partial charge in [0, 0.05) is 0 Å². The minimum Gasteiger partial charge on any atom is -0.468 e. The summed E-state index contributed by atoms with van der Waals surface area (Å²) in [6.07, 6.45) is 2.37. The summed E-state index contributed by atoms with van der Waals surface area (Å²) in [4.78, 5) is 11.6. The van der Waals surface area contributed by atoms with Crippen LogP contribution in [-0.2, 0) is 9.53 Å². The molecule has 1 atom stereocenters. The fourth-order valence-corrected chi connectivity index (χ4v) is 1.61. The summed E-state index contributed by atoms with van der Waals surface area (Å²) < 4.78 is 4.70. The van der Waals surface area contributed by atoms with Crippen LogP contribution in [0.5, 0.6) is 0 Å². The average Bonchev–Trinajstić information content (AvgIpc) is 2.19. The van der Waals surface area contributed by atoms with Crippen LogP contribution in [-0.4, -0.2) is 13.1 Å². The number of allylic oxidation sites excluding steroid dienone is 1. The van der Waals surface area contributed by atoms with Crippen LogP contribution in [0.15, 0.2) is 11.6 Å². The molecule has 0 aliphatic heterocycles. The lowest BCUT2D eigenvalue weighted by atomic mass is 9.78. The normalized spacial score (nSPS) is 15.7. The second-order valence-electron chi connectivity index (χ2n) is 3.96. The van der Waals surface area contributed by atoms with Crippen LogP contribution >= 0.6 is 0 Å². The SMILES string of the molecule is CC[C@](C#N)(C(=O)OC)/C(C)=C\C(C)C. The molecule has 0 saturated heterocycles. The summed E-state index contributed by atoms with van der Waals surface area (Å²) in [5, 5.41) is 9.17. The van der Waals surface area contributed by atoms with Gasteiger partial charge >= 0.3 is 5.97 Å². The Morgan fingerprint density at radius 1 is 1.60 bits per heavy atom. The highest BCUT2D eigenvalue weighted by Crippen LogP contribution is 2.32. The number of carbonyl (C=O) groups excluding carboxylic acids is 1. The van der Waals surface area contributed by atoms with Gasteiger partial charge in [0.1, 0.15) is 0 Å². The van der Waals surface area contributed by atoms with Gasteiger partial charge in [0.2, 0.25) is 0 Å². The topological polar surface area (TPSA) is 50.1 Å². The van der Waals surface area contributed by atoms with Crippen LogP contribution in [0.4, 0.5) is 0 Å². The summed E-state index contributed by atoms with van der Waals surface area (Å²) in [6, 6.07) is 2.08. The zero-order valence-corrected chi connectivity index (χ0v) is 10.1. The first-order valence-electron chi connectivity index (χ1n) is 5.13. The number of nitrogens with zero attached hydrogens (tertiary/aromatic N) is 1. The molecule has 3 nitrogen and oxygen atoms in total. The van der Waals surface area contributed by atoms with E-state index in [0.29, 0.717) is 12.3 Å².